The topological polar surface area (TPSA) is 96.7 Å². The largest absolute Gasteiger partial charge is 0.378 e. The Morgan fingerprint density at radius 2 is 2.00 bits per heavy atom. The molecule has 0 bridgehead atoms. The van der Waals surface area contributed by atoms with Gasteiger partial charge in [-0.3, -0.25) is 4.79 Å². The third-order valence-electron chi connectivity index (χ3n) is 2.44. The first kappa shape index (κ1) is 11.8. The summed E-state index contributed by atoms with van der Waals surface area (Å²) in [4.78, 5) is 11.5. The Bertz CT molecular complexity index is 245. The molecule has 1 aliphatic rings. The summed E-state index contributed by atoms with van der Waals surface area (Å²) < 4.78 is 0. The SMILES string of the molecule is CN(N)/N=C(\N)C(=O)NC1CCCCC1. The van der Waals surface area contributed by atoms with E-state index in [1.54, 1.807) is 0 Å². The molecule has 0 unspecified atom stereocenters. The van der Waals surface area contributed by atoms with Crippen molar-refractivity contribution in [3.8, 4) is 0 Å². The van der Waals surface area contributed by atoms with Gasteiger partial charge < -0.3 is 11.1 Å². The second-order valence-electron chi connectivity index (χ2n) is 3.87. The smallest absolute Gasteiger partial charge is 0.288 e. The first-order chi connectivity index (χ1) is 7.09. The zero-order valence-corrected chi connectivity index (χ0v) is 9.07. The van der Waals surface area contributed by atoms with E-state index in [1.807, 2.05) is 0 Å². The van der Waals surface area contributed by atoms with Crippen LogP contribution in [-0.2, 0) is 4.79 Å². The van der Waals surface area contributed by atoms with E-state index in [0.717, 1.165) is 18.0 Å². The van der Waals surface area contributed by atoms with Crippen molar-refractivity contribution in [3.63, 3.8) is 0 Å². The molecule has 0 aromatic rings. The number of carbonyl (C=O) groups excluding carboxylic acids is 1. The Balaban J connectivity index is 2.40. The van der Waals surface area contributed by atoms with Crippen LogP contribution >= 0.6 is 0 Å². The van der Waals surface area contributed by atoms with E-state index in [-0.39, 0.29) is 17.8 Å². The fourth-order valence-corrected chi connectivity index (χ4v) is 1.72. The van der Waals surface area contributed by atoms with Gasteiger partial charge in [-0.2, -0.15) is 0 Å². The van der Waals surface area contributed by atoms with Crippen molar-refractivity contribution < 1.29 is 4.79 Å². The molecule has 0 saturated heterocycles. The molecular weight excluding hydrogens is 194 g/mol. The van der Waals surface area contributed by atoms with Gasteiger partial charge in [-0.15, -0.1) is 5.10 Å². The first-order valence-corrected chi connectivity index (χ1v) is 5.23. The predicted octanol–water partition coefficient (Wildman–Crippen LogP) is -0.487. The fourth-order valence-electron chi connectivity index (χ4n) is 1.72. The highest BCUT2D eigenvalue weighted by atomic mass is 16.2. The van der Waals surface area contributed by atoms with E-state index in [4.69, 9.17) is 11.6 Å². The predicted molar refractivity (Wildman–Crippen MR) is 58.6 cm³/mol. The number of hydrogen-bond donors (Lipinski definition) is 3. The number of amidine groups is 1. The molecule has 0 aromatic carbocycles. The molecule has 0 aliphatic heterocycles. The van der Waals surface area contributed by atoms with Crippen molar-refractivity contribution in [1.29, 1.82) is 0 Å². The van der Waals surface area contributed by atoms with Crippen molar-refractivity contribution in [3.05, 3.63) is 0 Å². The normalized spacial score (nSPS) is 18.7. The third-order valence-corrected chi connectivity index (χ3v) is 2.44. The molecule has 6 nitrogen and oxygen atoms in total. The van der Waals surface area contributed by atoms with Crippen molar-refractivity contribution in [2.45, 2.75) is 38.1 Å². The van der Waals surface area contributed by atoms with Crippen LogP contribution in [0.4, 0.5) is 0 Å². The van der Waals surface area contributed by atoms with E-state index in [9.17, 15) is 4.79 Å². The molecule has 1 aliphatic carbocycles. The zero-order chi connectivity index (χ0) is 11.3. The molecule has 6 heteroatoms. The van der Waals surface area contributed by atoms with E-state index < -0.39 is 0 Å². The van der Waals surface area contributed by atoms with Crippen LogP contribution < -0.4 is 16.9 Å². The van der Waals surface area contributed by atoms with Crippen LogP contribution in [0.2, 0.25) is 0 Å². The first-order valence-electron chi connectivity index (χ1n) is 5.23. The summed E-state index contributed by atoms with van der Waals surface area (Å²) >= 11 is 0. The molecule has 0 atom stereocenters. The summed E-state index contributed by atoms with van der Waals surface area (Å²) in [6.07, 6.45) is 5.63. The molecule has 15 heavy (non-hydrogen) atoms. The lowest BCUT2D eigenvalue weighted by Gasteiger charge is -2.22. The van der Waals surface area contributed by atoms with Gasteiger partial charge in [-0.05, 0) is 12.8 Å². The van der Waals surface area contributed by atoms with Gasteiger partial charge in [0.2, 0.25) is 5.84 Å². The van der Waals surface area contributed by atoms with Crippen LogP contribution in [0.15, 0.2) is 5.10 Å². The maximum Gasteiger partial charge on any atom is 0.288 e. The van der Waals surface area contributed by atoms with E-state index >= 15 is 0 Å². The monoisotopic (exact) mass is 213 g/mol. The Hall–Kier alpha value is -1.30. The van der Waals surface area contributed by atoms with E-state index in [2.05, 4.69) is 10.4 Å². The molecule has 1 amide bonds. The van der Waals surface area contributed by atoms with Crippen molar-refractivity contribution in [1.82, 2.24) is 10.4 Å². The van der Waals surface area contributed by atoms with Crippen LogP contribution in [0.1, 0.15) is 32.1 Å². The molecule has 0 aromatic heterocycles. The Labute approximate surface area is 89.6 Å². The number of hydrogen-bond acceptors (Lipinski definition) is 4. The number of rotatable bonds is 2. The Morgan fingerprint density at radius 3 is 2.53 bits per heavy atom. The summed E-state index contributed by atoms with van der Waals surface area (Å²) in [5.41, 5.74) is 5.45. The summed E-state index contributed by atoms with van der Waals surface area (Å²) in [6, 6.07) is 0.239. The summed E-state index contributed by atoms with van der Waals surface area (Å²) in [5.74, 6) is 4.82. The molecule has 0 radical (unpaired) electrons. The quantitative estimate of drug-likeness (QED) is 0.250. The molecule has 86 valence electrons. The van der Waals surface area contributed by atoms with Crippen molar-refractivity contribution >= 4 is 11.7 Å². The number of nitrogens with two attached hydrogens (primary N) is 2. The molecule has 1 saturated carbocycles. The molecule has 1 rings (SSSR count). The van der Waals surface area contributed by atoms with Gasteiger partial charge in [0, 0.05) is 13.1 Å². The second-order valence-corrected chi connectivity index (χ2v) is 3.87. The third kappa shape index (κ3) is 4.16. The van der Waals surface area contributed by atoms with Crippen LogP contribution in [0.25, 0.3) is 0 Å². The van der Waals surface area contributed by atoms with Crippen LogP contribution in [0.3, 0.4) is 0 Å². The summed E-state index contributed by atoms with van der Waals surface area (Å²) in [5, 5.41) is 7.51. The van der Waals surface area contributed by atoms with Crippen molar-refractivity contribution in [2.24, 2.45) is 16.7 Å². The molecule has 0 spiro atoms. The highest BCUT2D eigenvalue weighted by Crippen LogP contribution is 2.17. The highest BCUT2D eigenvalue weighted by molar-refractivity contribution is 6.37. The van der Waals surface area contributed by atoms with Gasteiger partial charge in [-0.25, -0.2) is 11.0 Å². The van der Waals surface area contributed by atoms with Gasteiger partial charge >= 0.3 is 0 Å². The summed E-state index contributed by atoms with van der Waals surface area (Å²) in [6.45, 7) is 0. The van der Waals surface area contributed by atoms with Gasteiger partial charge in [-0.1, -0.05) is 19.3 Å². The molecule has 5 N–H and O–H groups in total. The van der Waals surface area contributed by atoms with Gasteiger partial charge in [0.05, 0.1) is 0 Å². The average molecular weight is 213 g/mol. The second kappa shape index (κ2) is 5.55. The number of amides is 1. The number of nitrogens with zero attached hydrogens (tertiary/aromatic N) is 2. The number of nitrogens with one attached hydrogen (secondary N) is 1. The van der Waals surface area contributed by atoms with E-state index in [0.29, 0.717) is 0 Å². The highest BCUT2D eigenvalue weighted by Gasteiger charge is 2.17. The Kier molecular flexibility index (Phi) is 4.36. The number of hydrazone groups is 1. The van der Waals surface area contributed by atoms with Crippen LogP contribution in [-0.4, -0.2) is 30.0 Å². The minimum Gasteiger partial charge on any atom is -0.378 e. The maximum absolute atomic E-state index is 11.5. The summed E-state index contributed by atoms with van der Waals surface area (Å²) in [7, 11) is 1.51. The number of carbonyl (C=O) groups is 1. The lowest BCUT2D eigenvalue weighted by atomic mass is 9.95. The molecular formula is C9H19N5O. The van der Waals surface area contributed by atoms with Gasteiger partial charge in [0.15, 0.2) is 0 Å². The Morgan fingerprint density at radius 1 is 1.40 bits per heavy atom. The lowest BCUT2D eigenvalue weighted by Crippen LogP contribution is -2.44. The van der Waals surface area contributed by atoms with Gasteiger partial charge in [0.1, 0.15) is 0 Å². The fraction of sp³-hybridized carbons (Fsp3) is 0.778. The minimum atomic E-state index is -0.334. The average Bonchev–Trinajstić information content (AvgIpc) is 2.18. The number of hydrazine groups is 1. The van der Waals surface area contributed by atoms with Gasteiger partial charge in [0.25, 0.3) is 5.91 Å². The van der Waals surface area contributed by atoms with Crippen molar-refractivity contribution in [2.75, 3.05) is 7.05 Å². The van der Waals surface area contributed by atoms with Crippen LogP contribution in [0, 0.1) is 0 Å². The lowest BCUT2D eigenvalue weighted by molar-refractivity contribution is -0.115. The van der Waals surface area contributed by atoms with E-state index in [1.165, 1.54) is 26.3 Å². The standard InChI is InChI=1S/C9H19N5O/c1-14(11)13-8(10)9(15)12-7-5-3-2-4-6-7/h7H,2-6,11H2,1H3,(H2,10,13)(H,12,15). The minimum absolute atomic E-state index is 0.0921. The van der Waals surface area contributed by atoms with Crippen LogP contribution in [0.5, 0.6) is 0 Å². The molecule has 0 heterocycles. The zero-order valence-electron chi connectivity index (χ0n) is 9.07. The molecule has 1 fully saturated rings. The maximum atomic E-state index is 11.5.